The molecule has 1 aromatic carbocycles. The molecule has 0 radical (unpaired) electrons. The van der Waals surface area contributed by atoms with Gasteiger partial charge in [0, 0.05) is 58.7 Å². The summed E-state index contributed by atoms with van der Waals surface area (Å²) in [5, 5.41) is 0. The van der Waals surface area contributed by atoms with E-state index in [1.54, 1.807) is 6.20 Å². The van der Waals surface area contributed by atoms with E-state index in [1.165, 1.54) is 5.56 Å². The minimum atomic E-state index is 0.199. The second-order valence-electron chi connectivity index (χ2n) is 7.30. The second-order valence-corrected chi connectivity index (χ2v) is 7.30. The van der Waals surface area contributed by atoms with Crippen molar-refractivity contribution in [3.05, 3.63) is 42.1 Å². The van der Waals surface area contributed by atoms with Crippen molar-refractivity contribution in [2.24, 2.45) is 0 Å². The molecule has 0 aliphatic carbocycles. The first-order valence-corrected chi connectivity index (χ1v) is 9.48. The number of anilines is 3. The van der Waals surface area contributed by atoms with Crippen LogP contribution in [0.5, 0.6) is 0 Å². The highest BCUT2D eigenvalue weighted by molar-refractivity contribution is 5.96. The first kappa shape index (κ1) is 17.7. The normalized spacial score (nSPS) is 17.1. The van der Waals surface area contributed by atoms with Crippen LogP contribution in [0.25, 0.3) is 0 Å². The van der Waals surface area contributed by atoms with Gasteiger partial charge in [-0.1, -0.05) is 18.2 Å². The quantitative estimate of drug-likeness (QED) is 0.812. The molecule has 0 atom stereocenters. The smallest absolute Gasteiger partial charge is 0.241 e. The number of aromatic nitrogens is 2. The highest BCUT2D eigenvalue weighted by Gasteiger charge is 2.27. The van der Waals surface area contributed by atoms with Crippen molar-refractivity contribution >= 4 is 23.4 Å². The van der Waals surface area contributed by atoms with E-state index in [2.05, 4.69) is 31.9 Å². The van der Waals surface area contributed by atoms with E-state index < -0.39 is 0 Å². The lowest BCUT2D eigenvalue weighted by molar-refractivity contribution is -0.119. The molecule has 0 unspecified atom stereocenters. The molecular weight excluding hydrogens is 340 g/mol. The van der Waals surface area contributed by atoms with Gasteiger partial charge in [0.05, 0.1) is 6.54 Å². The van der Waals surface area contributed by atoms with Crippen LogP contribution < -0.4 is 14.7 Å². The maximum atomic E-state index is 12.8. The molecule has 2 aromatic rings. The van der Waals surface area contributed by atoms with Crippen molar-refractivity contribution in [2.45, 2.75) is 6.42 Å². The average Bonchev–Trinajstić information content (AvgIpc) is 3.13. The molecule has 27 heavy (non-hydrogen) atoms. The molecule has 1 saturated heterocycles. The van der Waals surface area contributed by atoms with Gasteiger partial charge in [0.15, 0.2) is 0 Å². The standard InChI is InChI=1S/C20H26N6O/c1-23(2)20-21-9-7-18(22-20)25-13-11-24(12-14-25)15-19(27)26-10-8-16-5-3-4-6-17(16)26/h3-7,9H,8,10-15H2,1-2H3. The zero-order valence-electron chi connectivity index (χ0n) is 16.0. The van der Waals surface area contributed by atoms with Crippen LogP contribution in [0.4, 0.5) is 17.5 Å². The van der Waals surface area contributed by atoms with E-state index in [9.17, 15) is 4.79 Å². The predicted octanol–water partition coefficient (Wildman–Crippen LogP) is 1.25. The Hall–Kier alpha value is -2.67. The molecule has 4 rings (SSSR count). The fraction of sp³-hybridized carbons (Fsp3) is 0.450. The lowest BCUT2D eigenvalue weighted by Gasteiger charge is -2.35. The van der Waals surface area contributed by atoms with Gasteiger partial charge < -0.3 is 14.7 Å². The molecule has 7 heteroatoms. The summed E-state index contributed by atoms with van der Waals surface area (Å²) < 4.78 is 0. The molecule has 0 bridgehead atoms. The van der Waals surface area contributed by atoms with Crippen molar-refractivity contribution < 1.29 is 4.79 Å². The first-order chi connectivity index (χ1) is 13.1. The maximum Gasteiger partial charge on any atom is 0.241 e. The Morgan fingerprint density at radius 3 is 2.63 bits per heavy atom. The molecule has 1 fully saturated rings. The largest absolute Gasteiger partial charge is 0.354 e. The number of amides is 1. The van der Waals surface area contributed by atoms with E-state index in [0.717, 1.165) is 56.6 Å². The van der Waals surface area contributed by atoms with Gasteiger partial charge in [0.1, 0.15) is 5.82 Å². The molecule has 0 N–H and O–H groups in total. The zero-order valence-corrected chi connectivity index (χ0v) is 16.0. The monoisotopic (exact) mass is 366 g/mol. The van der Waals surface area contributed by atoms with Crippen LogP contribution in [0, 0.1) is 0 Å². The number of para-hydroxylation sites is 1. The minimum absolute atomic E-state index is 0.199. The van der Waals surface area contributed by atoms with Crippen molar-refractivity contribution in [3.8, 4) is 0 Å². The summed E-state index contributed by atoms with van der Waals surface area (Å²) in [5.41, 5.74) is 2.36. The van der Waals surface area contributed by atoms with Gasteiger partial charge in [0.25, 0.3) is 0 Å². The topological polar surface area (TPSA) is 55.8 Å². The molecular formula is C20H26N6O. The zero-order chi connectivity index (χ0) is 18.8. The maximum absolute atomic E-state index is 12.8. The molecule has 7 nitrogen and oxygen atoms in total. The van der Waals surface area contributed by atoms with Crippen molar-refractivity contribution in [3.63, 3.8) is 0 Å². The van der Waals surface area contributed by atoms with Crippen LogP contribution in [0.15, 0.2) is 36.5 Å². The second kappa shape index (κ2) is 7.52. The van der Waals surface area contributed by atoms with Gasteiger partial charge in [-0.25, -0.2) is 4.98 Å². The van der Waals surface area contributed by atoms with Gasteiger partial charge in [-0.3, -0.25) is 9.69 Å². The van der Waals surface area contributed by atoms with Crippen LogP contribution >= 0.6 is 0 Å². The minimum Gasteiger partial charge on any atom is -0.354 e. The third kappa shape index (κ3) is 3.73. The van der Waals surface area contributed by atoms with Crippen molar-refractivity contribution in [1.82, 2.24) is 14.9 Å². The Labute approximate surface area is 160 Å². The number of benzene rings is 1. The SMILES string of the molecule is CN(C)c1nccc(N2CCN(CC(=O)N3CCc4ccccc43)CC2)n1. The van der Waals surface area contributed by atoms with Crippen molar-refractivity contribution in [1.29, 1.82) is 0 Å². The molecule has 1 amide bonds. The van der Waals surface area contributed by atoms with Crippen LogP contribution in [-0.2, 0) is 11.2 Å². The molecule has 3 heterocycles. The molecule has 2 aliphatic heterocycles. The fourth-order valence-corrected chi connectivity index (χ4v) is 3.74. The Kier molecular flexibility index (Phi) is 4.94. The van der Waals surface area contributed by atoms with Gasteiger partial charge >= 0.3 is 0 Å². The molecule has 0 saturated carbocycles. The molecule has 142 valence electrons. The molecule has 0 spiro atoms. The van der Waals surface area contributed by atoms with E-state index >= 15 is 0 Å². The predicted molar refractivity (Wildman–Crippen MR) is 108 cm³/mol. The Morgan fingerprint density at radius 1 is 1.07 bits per heavy atom. The van der Waals surface area contributed by atoms with Gasteiger partial charge in [-0.2, -0.15) is 4.98 Å². The van der Waals surface area contributed by atoms with Gasteiger partial charge in [0.2, 0.25) is 11.9 Å². The Bertz CT molecular complexity index is 816. The van der Waals surface area contributed by atoms with E-state index in [-0.39, 0.29) is 5.91 Å². The van der Waals surface area contributed by atoms with Crippen LogP contribution in [-0.4, -0.2) is 74.1 Å². The Morgan fingerprint density at radius 2 is 1.85 bits per heavy atom. The van der Waals surface area contributed by atoms with E-state index in [0.29, 0.717) is 6.54 Å². The lowest BCUT2D eigenvalue weighted by atomic mass is 10.2. The summed E-state index contributed by atoms with van der Waals surface area (Å²) in [6, 6.07) is 10.2. The molecule has 1 aromatic heterocycles. The number of nitrogens with zero attached hydrogens (tertiary/aromatic N) is 6. The van der Waals surface area contributed by atoms with Crippen LogP contribution in [0.1, 0.15) is 5.56 Å². The van der Waals surface area contributed by atoms with E-state index in [1.807, 2.05) is 42.1 Å². The molecule has 2 aliphatic rings. The highest BCUT2D eigenvalue weighted by atomic mass is 16.2. The average molecular weight is 366 g/mol. The number of rotatable bonds is 4. The third-order valence-electron chi connectivity index (χ3n) is 5.27. The summed E-state index contributed by atoms with van der Waals surface area (Å²) in [4.78, 5) is 30.0. The van der Waals surface area contributed by atoms with Crippen molar-refractivity contribution in [2.75, 3.05) is 68.1 Å². The summed E-state index contributed by atoms with van der Waals surface area (Å²) in [6.07, 6.45) is 2.76. The van der Waals surface area contributed by atoms with Crippen LogP contribution in [0.2, 0.25) is 0 Å². The number of carbonyl (C=O) groups excluding carboxylic acids is 1. The van der Waals surface area contributed by atoms with Crippen LogP contribution in [0.3, 0.4) is 0 Å². The number of hydrogen-bond donors (Lipinski definition) is 0. The summed E-state index contributed by atoms with van der Waals surface area (Å²) in [5.74, 6) is 1.87. The third-order valence-corrected chi connectivity index (χ3v) is 5.27. The number of piperazine rings is 1. The summed E-state index contributed by atoms with van der Waals surface area (Å²) in [7, 11) is 3.89. The van der Waals surface area contributed by atoms with Gasteiger partial charge in [-0.05, 0) is 24.1 Å². The highest BCUT2D eigenvalue weighted by Crippen LogP contribution is 2.27. The lowest BCUT2D eigenvalue weighted by Crippen LogP contribution is -2.50. The number of fused-ring (bicyclic) bond motifs is 1. The summed E-state index contributed by atoms with van der Waals surface area (Å²) in [6.45, 7) is 4.74. The van der Waals surface area contributed by atoms with Gasteiger partial charge in [-0.15, -0.1) is 0 Å². The fourth-order valence-electron chi connectivity index (χ4n) is 3.74. The summed E-state index contributed by atoms with van der Waals surface area (Å²) >= 11 is 0. The van der Waals surface area contributed by atoms with E-state index in [4.69, 9.17) is 0 Å². The first-order valence-electron chi connectivity index (χ1n) is 9.48. The number of carbonyl (C=O) groups is 1. The number of hydrogen-bond acceptors (Lipinski definition) is 6. The Balaban J connectivity index is 1.34.